The Hall–Kier alpha value is -2.40. The average Bonchev–Trinajstić information content (AvgIpc) is 3.22. The summed E-state index contributed by atoms with van der Waals surface area (Å²) < 4.78 is 5.15. The standard InChI is InChI=1S/C23H29N3O2/c1-25(2)23(27)21-5-4-12-26(21)20-10-8-16-13-17(6-7-18(16)14-20)19-9-11-22(28-3)24-15-19/h6-7,9,11,13,15,20-21H,4-5,8,10,12,14H2,1-3H3. The maximum atomic E-state index is 12.6. The van der Waals surface area contributed by atoms with E-state index in [1.165, 1.54) is 16.7 Å². The van der Waals surface area contributed by atoms with Gasteiger partial charge in [0.25, 0.3) is 0 Å². The molecule has 1 aliphatic heterocycles. The Morgan fingerprint density at radius 2 is 1.96 bits per heavy atom. The zero-order valence-electron chi connectivity index (χ0n) is 17.0. The number of carbonyl (C=O) groups is 1. The fourth-order valence-electron chi connectivity index (χ4n) is 4.66. The first kappa shape index (κ1) is 18.9. The number of likely N-dealkylation sites (tertiary alicyclic amines) is 1. The topological polar surface area (TPSA) is 45.7 Å². The number of amides is 1. The first-order valence-corrected chi connectivity index (χ1v) is 10.2. The summed E-state index contributed by atoms with van der Waals surface area (Å²) in [5.74, 6) is 0.891. The Labute approximate surface area is 167 Å². The van der Waals surface area contributed by atoms with Crippen LogP contribution in [0.15, 0.2) is 36.5 Å². The molecule has 2 unspecified atom stereocenters. The summed E-state index contributed by atoms with van der Waals surface area (Å²) in [4.78, 5) is 21.1. The lowest BCUT2D eigenvalue weighted by molar-refractivity contribution is -0.134. The molecular weight excluding hydrogens is 350 g/mol. The van der Waals surface area contributed by atoms with E-state index in [4.69, 9.17) is 4.74 Å². The highest BCUT2D eigenvalue weighted by molar-refractivity contribution is 5.81. The van der Waals surface area contributed by atoms with Crippen molar-refractivity contribution in [2.75, 3.05) is 27.7 Å². The van der Waals surface area contributed by atoms with Crippen molar-refractivity contribution in [3.05, 3.63) is 47.7 Å². The van der Waals surface area contributed by atoms with E-state index in [1.54, 1.807) is 12.0 Å². The molecule has 1 aromatic heterocycles. The SMILES string of the molecule is COc1ccc(-c2ccc3c(c2)CCC(N2CCCC2C(=O)N(C)C)C3)cn1. The van der Waals surface area contributed by atoms with Crippen molar-refractivity contribution in [2.24, 2.45) is 0 Å². The van der Waals surface area contributed by atoms with Gasteiger partial charge in [-0.2, -0.15) is 0 Å². The van der Waals surface area contributed by atoms with Crippen molar-refractivity contribution in [3.63, 3.8) is 0 Å². The molecule has 28 heavy (non-hydrogen) atoms. The van der Waals surface area contributed by atoms with Crippen LogP contribution in [0.3, 0.4) is 0 Å². The van der Waals surface area contributed by atoms with Crippen molar-refractivity contribution in [2.45, 2.75) is 44.2 Å². The van der Waals surface area contributed by atoms with E-state index in [0.717, 1.165) is 44.2 Å². The van der Waals surface area contributed by atoms with Gasteiger partial charge in [-0.3, -0.25) is 9.69 Å². The molecule has 1 saturated heterocycles. The van der Waals surface area contributed by atoms with Gasteiger partial charge >= 0.3 is 0 Å². The fourth-order valence-corrected chi connectivity index (χ4v) is 4.66. The summed E-state index contributed by atoms with van der Waals surface area (Å²) in [6, 6.07) is 11.3. The van der Waals surface area contributed by atoms with Crippen LogP contribution >= 0.6 is 0 Å². The van der Waals surface area contributed by atoms with Crippen LogP contribution in [0.25, 0.3) is 11.1 Å². The number of fused-ring (bicyclic) bond motifs is 1. The molecule has 2 aliphatic rings. The van der Waals surface area contributed by atoms with Gasteiger partial charge in [0.2, 0.25) is 11.8 Å². The molecule has 2 heterocycles. The summed E-state index contributed by atoms with van der Waals surface area (Å²) in [7, 11) is 5.36. The number of carbonyl (C=O) groups excluding carboxylic acids is 1. The van der Waals surface area contributed by atoms with Crippen molar-refractivity contribution < 1.29 is 9.53 Å². The number of methoxy groups -OCH3 is 1. The molecule has 0 N–H and O–H groups in total. The van der Waals surface area contributed by atoms with Crippen molar-refractivity contribution in [3.8, 4) is 17.0 Å². The number of aryl methyl sites for hydroxylation is 1. The van der Waals surface area contributed by atoms with Crippen molar-refractivity contribution in [1.82, 2.24) is 14.8 Å². The summed E-state index contributed by atoms with van der Waals surface area (Å²) in [6.45, 7) is 1.04. The van der Waals surface area contributed by atoms with E-state index in [0.29, 0.717) is 11.9 Å². The van der Waals surface area contributed by atoms with Gasteiger partial charge in [-0.25, -0.2) is 4.98 Å². The van der Waals surface area contributed by atoms with Gasteiger partial charge < -0.3 is 9.64 Å². The van der Waals surface area contributed by atoms with Crippen LogP contribution in [0.1, 0.15) is 30.4 Å². The maximum absolute atomic E-state index is 12.6. The third kappa shape index (κ3) is 3.63. The second kappa shape index (κ2) is 7.92. The van der Waals surface area contributed by atoms with Crippen LogP contribution < -0.4 is 4.74 Å². The average molecular weight is 380 g/mol. The van der Waals surface area contributed by atoms with E-state index in [1.807, 2.05) is 26.4 Å². The monoisotopic (exact) mass is 379 g/mol. The lowest BCUT2D eigenvalue weighted by Crippen LogP contribution is -2.49. The largest absolute Gasteiger partial charge is 0.481 e. The Bertz CT molecular complexity index is 847. The van der Waals surface area contributed by atoms with Crippen LogP contribution in [0.5, 0.6) is 5.88 Å². The van der Waals surface area contributed by atoms with E-state index in [2.05, 4.69) is 34.1 Å². The molecule has 4 rings (SSSR count). The summed E-state index contributed by atoms with van der Waals surface area (Å²) >= 11 is 0. The number of benzene rings is 1. The summed E-state index contributed by atoms with van der Waals surface area (Å²) in [6.07, 6.45) is 7.20. The number of hydrogen-bond acceptors (Lipinski definition) is 4. The molecule has 1 fully saturated rings. The molecule has 148 valence electrons. The highest BCUT2D eigenvalue weighted by Gasteiger charge is 2.37. The number of pyridine rings is 1. The summed E-state index contributed by atoms with van der Waals surface area (Å²) in [5.41, 5.74) is 5.17. The predicted octanol–water partition coefficient (Wildman–Crippen LogP) is 3.17. The Balaban J connectivity index is 1.51. The van der Waals surface area contributed by atoms with E-state index >= 15 is 0 Å². The van der Waals surface area contributed by atoms with Gasteiger partial charge in [0.15, 0.2) is 0 Å². The molecule has 1 aliphatic carbocycles. The second-order valence-corrected chi connectivity index (χ2v) is 8.10. The van der Waals surface area contributed by atoms with Gasteiger partial charge in [-0.15, -0.1) is 0 Å². The van der Waals surface area contributed by atoms with Gasteiger partial charge in [-0.05, 0) is 61.4 Å². The Kier molecular flexibility index (Phi) is 5.36. The van der Waals surface area contributed by atoms with Crippen molar-refractivity contribution in [1.29, 1.82) is 0 Å². The van der Waals surface area contributed by atoms with Crippen molar-refractivity contribution >= 4 is 5.91 Å². The number of nitrogens with zero attached hydrogens (tertiary/aromatic N) is 3. The second-order valence-electron chi connectivity index (χ2n) is 8.10. The van der Waals surface area contributed by atoms with Crippen LogP contribution in [-0.4, -0.2) is 60.5 Å². The molecule has 0 radical (unpaired) electrons. The summed E-state index contributed by atoms with van der Waals surface area (Å²) in [5, 5.41) is 0. The number of hydrogen-bond donors (Lipinski definition) is 0. The molecule has 1 amide bonds. The minimum atomic E-state index is 0.0613. The van der Waals surface area contributed by atoms with E-state index in [-0.39, 0.29) is 11.9 Å². The van der Waals surface area contributed by atoms with Crippen LogP contribution in [-0.2, 0) is 17.6 Å². The molecule has 1 aromatic carbocycles. The van der Waals surface area contributed by atoms with E-state index in [9.17, 15) is 4.79 Å². The molecule has 5 nitrogen and oxygen atoms in total. The smallest absolute Gasteiger partial charge is 0.239 e. The number of aromatic nitrogens is 1. The zero-order valence-corrected chi connectivity index (χ0v) is 17.0. The van der Waals surface area contributed by atoms with Crippen LogP contribution in [0.2, 0.25) is 0 Å². The fraction of sp³-hybridized carbons (Fsp3) is 0.478. The van der Waals surface area contributed by atoms with Gasteiger partial charge in [0.05, 0.1) is 13.2 Å². The Morgan fingerprint density at radius 1 is 1.14 bits per heavy atom. The highest BCUT2D eigenvalue weighted by Crippen LogP contribution is 2.32. The third-order valence-electron chi connectivity index (χ3n) is 6.18. The predicted molar refractivity (Wildman–Crippen MR) is 110 cm³/mol. The first-order valence-electron chi connectivity index (χ1n) is 10.2. The van der Waals surface area contributed by atoms with Crippen LogP contribution in [0, 0.1) is 0 Å². The minimum Gasteiger partial charge on any atom is -0.481 e. The number of rotatable bonds is 4. The molecule has 2 aromatic rings. The lowest BCUT2D eigenvalue weighted by atomic mass is 9.85. The first-order chi connectivity index (χ1) is 13.6. The van der Waals surface area contributed by atoms with Gasteiger partial charge in [0, 0.05) is 38.0 Å². The Morgan fingerprint density at radius 3 is 2.68 bits per heavy atom. The highest BCUT2D eigenvalue weighted by atomic mass is 16.5. The molecular formula is C23H29N3O2. The van der Waals surface area contributed by atoms with Gasteiger partial charge in [-0.1, -0.05) is 18.2 Å². The lowest BCUT2D eigenvalue weighted by Gasteiger charge is -2.36. The molecule has 5 heteroatoms. The van der Waals surface area contributed by atoms with Crippen LogP contribution in [0.4, 0.5) is 0 Å². The normalized spacial score (nSPS) is 22.0. The minimum absolute atomic E-state index is 0.0613. The molecule has 0 saturated carbocycles. The maximum Gasteiger partial charge on any atom is 0.239 e. The molecule has 0 spiro atoms. The van der Waals surface area contributed by atoms with E-state index < -0.39 is 0 Å². The number of likely N-dealkylation sites (N-methyl/N-ethyl adjacent to an activating group) is 1. The zero-order chi connectivity index (χ0) is 19.7. The number of ether oxygens (including phenoxy) is 1. The quantitative estimate of drug-likeness (QED) is 0.819. The molecule has 0 bridgehead atoms. The third-order valence-corrected chi connectivity index (χ3v) is 6.18. The molecule has 2 atom stereocenters. The van der Waals surface area contributed by atoms with Gasteiger partial charge in [0.1, 0.15) is 0 Å².